The van der Waals surface area contributed by atoms with E-state index in [-0.39, 0.29) is 12.6 Å². The maximum Gasteiger partial charge on any atom is 0.317 e. The zero-order chi connectivity index (χ0) is 20.3. The van der Waals surface area contributed by atoms with Crippen LogP contribution < -0.4 is 4.74 Å². The molecule has 0 spiro atoms. The van der Waals surface area contributed by atoms with Gasteiger partial charge in [-0.3, -0.25) is 9.69 Å². The Kier molecular flexibility index (Phi) is 7.48. The van der Waals surface area contributed by atoms with Gasteiger partial charge in [-0.25, -0.2) is 0 Å². The molecule has 2 fully saturated rings. The number of nitrogens with zero attached hydrogens (tertiary/aromatic N) is 2. The minimum absolute atomic E-state index is 0.156. The SMILES string of the molecule is Cc1c(Cl)ccc(OC2CCN(CC3CCN(CC(=O)O)C(C)C3)CC2)c1Cl. The van der Waals surface area contributed by atoms with Crippen molar-refractivity contribution < 1.29 is 14.6 Å². The lowest BCUT2D eigenvalue weighted by atomic mass is 9.90. The number of carboxylic acid groups (broad SMARTS) is 1. The first-order valence-corrected chi connectivity index (χ1v) is 10.9. The Morgan fingerprint density at radius 2 is 1.93 bits per heavy atom. The van der Waals surface area contributed by atoms with E-state index in [4.69, 9.17) is 33.0 Å². The van der Waals surface area contributed by atoms with Crippen molar-refractivity contribution in [2.75, 3.05) is 32.7 Å². The maximum absolute atomic E-state index is 11.0. The molecule has 0 amide bonds. The molecule has 2 unspecified atom stereocenters. The van der Waals surface area contributed by atoms with Gasteiger partial charge < -0.3 is 14.7 Å². The predicted octanol–water partition coefficient (Wildman–Crippen LogP) is 4.33. The van der Waals surface area contributed by atoms with E-state index < -0.39 is 5.97 Å². The second-order valence-corrected chi connectivity index (χ2v) is 8.99. The lowest BCUT2D eigenvalue weighted by Crippen LogP contribution is -2.47. The van der Waals surface area contributed by atoms with Gasteiger partial charge in [0.05, 0.1) is 11.6 Å². The highest BCUT2D eigenvalue weighted by atomic mass is 35.5. The van der Waals surface area contributed by atoms with Crippen molar-refractivity contribution in [3.8, 4) is 5.75 Å². The Bertz CT molecular complexity index is 692. The van der Waals surface area contributed by atoms with Crippen molar-refractivity contribution in [1.29, 1.82) is 0 Å². The Morgan fingerprint density at radius 3 is 2.57 bits per heavy atom. The summed E-state index contributed by atoms with van der Waals surface area (Å²) in [6, 6.07) is 4.03. The fourth-order valence-electron chi connectivity index (χ4n) is 4.37. The lowest BCUT2D eigenvalue weighted by Gasteiger charge is -2.40. The summed E-state index contributed by atoms with van der Waals surface area (Å²) >= 11 is 12.5. The van der Waals surface area contributed by atoms with Crippen LogP contribution >= 0.6 is 23.2 Å². The van der Waals surface area contributed by atoms with Gasteiger partial charge in [0.15, 0.2) is 0 Å². The largest absolute Gasteiger partial charge is 0.489 e. The first-order chi connectivity index (χ1) is 13.3. The Balaban J connectivity index is 1.44. The van der Waals surface area contributed by atoms with E-state index in [2.05, 4.69) is 16.7 Å². The molecule has 2 heterocycles. The molecular weight excluding hydrogens is 399 g/mol. The zero-order valence-corrected chi connectivity index (χ0v) is 18.2. The molecule has 1 aromatic rings. The molecule has 1 N–H and O–H groups in total. The number of carbonyl (C=O) groups is 1. The molecule has 2 saturated heterocycles. The average Bonchev–Trinajstić information content (AvgIpc) is 2.66. The first kappa shape index (κ1) is 21.7. The van der Waals surface area contributed by atoms with Crippen LogP contribution in [0.4, 0.5) is 0 Å². The van der Waals surface area contributed by atoms with Crippen molar-refractivity contribution in [1.82, 2.24) is 9.80 Å². The third-order valence-electron chi connectivity index (χ3n) is 6.09. The minimum Gasteiger partial charge on any atom is -0.489 e. The lowest BCUT2D eigenvalue weighted by molar-refractivity contribution is -0.139. The van der Waals surface area contributed by atoms with Crippen LogP contribution in [-0.2, 0) is 4.79 Å². The summed E-state index contributed by atoms with van der Waals surface area (Å²) in [5.41, 5.74) is 0.863. The van der Waals surface area contributed by atoms with E-state index in [9.17, 15) is 4.79 Å². The number of carboxylic acids is 1. The van der Waals surface area contributed by atoms with Gasteiger partial charge in [-0.15, -0.1) is 0 Å². The summed E-state index contributed by atoms with van der Waals surface area (Å²) in [7, 11) is 0. The fourth-order valence-corrected chi connectivity index (χ4v) is 4.79. The molecule has 0 bridgehead atoms. The average molecular weight is 429 g/mol. The molecule has 0 saturated carbocycles. The van der Waals surface area contributed by atoms with Crippen LogP contribution in [0.5, 0.6) is 5.75 Å². The number of piperidine rings is 2. The fraction of sp³-hybridized carbons (Fsp3) is 0.667. The number of hydrogen-bond acceptors (Lipinski definition) is 4. The molecule has 0 aromatic heterocycles. The van der Waals surface area contributed by atoms with E-state index >= 15 is 0 Å². The van der Waals surface area contributed by atoms with Gasteiger partial charge in [0.1, 0.15) is 11.9 Å². The van der Waals surface area contributed by atoms with E-state index in [0.717, 1.165) is 63.2 Å². The molecule has 5 nitrogen and oxygen atoms in total. The molecular formula is C21H30Cl2N2O3. The number of aliphatic carboxylic acids is 1. The number of hydrogen-bond donors (Lipinski definition) is 1. The van der Waals surface area contributed by atoms with Crippen molar-refractivity contribution in [3.05, 3.63) is 27.7 Å². The second kappa shape index (κ2) is 9.66. The van der Waals surface area contributed by atoms with Crippen LogP contribution in [0, 0.1) is 12.8 Å². The highest BCUT2D eigenvalue weighted by Crippen LogP contribution is 2.34. The molecule has 2 aliphatic rings. The van der Waals surface area contributed by atoms with Crippen LogP contribution in [0.25, 0.3) is 0 Å². The molecule has 0 radical (unpaired) electrons. The molecule has 2 aliphatic heterocycles. The molecule has 156 valence electrons. The molecule has 7 heteroatoms. The van der Waals surface area contributed by atoms with Crippen molar-refractivity contribution in [2.45, 2.75) is 51.7 Å². The van der Waals surface area contributed by atoms with Crippen LogP contribution in [0.2, 0.25) is 10.0 Å². The van der Waals surface area contributed by atoms with Gasteiger partial charge in [-0.2, -0.15) is 0 Å². The van der Waals surface area contributed by atoms with Crippen LogP contribution in [0.3, 0.4) is 0 Å². The van der Waals surface area contributed by atoms with E-state index in [1.54, 1.807) is 0 Å². The first-order valence-electron chi connectivity index (χ1n) is 10.1. The van der Waals surface area contributed by atoms with Gasteiger partial charge >= 0.3 is 5.97 Å². The number of likely N-dealkylation sites (tertiary alicyclic amines) is 2. The van der Waals surface area contributed by atoms with E-state index in [0.29, 0.717) is 22.0 Å². The molecule has 3 rings (SSSR count). The topological polar surface area (TPSA) is 53.0 Å². The molecule has 28 heavy (non-hydrogen) atoms. The number of ether oxygens (including phenoxy) is 1. The van der Waals surface area contributed by atoms with Crippen molar-refractivity contribution >= 4 is 29.2 Å². The monoisotopic (exact) mass is 428 g/mol. The summed E-state index contributed by atoms with van der Waals surface area (Å²) in [5, 5.41) is 10.3. The van der Waals surface area contributed by atoms with Gasteiger partial charge in [0.2, 0.25) is 0 Å². The highest BCUT2D eigenvalue weighted by Gasteiger charge is 2.29. The highest BCUT2D eigenvalue weighted by molar-refractivity contribution is 6.36. The van der Waals surface area contributed by atoms with Crippen LogP contribution in [0.1, 0.15) is 38.2 Å². The summed E-state index contributed by atoms with van der Waals surface area (Å²) in [6.07, 6.45) is 4.32. The summed E-state index contributed by atoms with van der Waals surface area (Å²) in [6.45, 7) is 8.24. The van der Waals surface area contributed by atoms with E-state index in [1.807, 2.05) is 19.1 Å². The predicted molar refractivity (Wildman–Crippen MR) is 113 cm³/mol. The van der Waals surface area contributed by atoms with Gasteiger partial charge in [-0.05, 0) is 69.7 Å². The van der Waals surface area contributed by atoms with Gasteiger partial charge in [-0.1, -0.05) is 23.2 Å². The van der Waals surface area contributed by atoms with E-state index in [1.165, 1.54) is 0 Å². The number of halogens is 2. The second-order valence-electron chi connectivity index (χ2n) is 8.21. The Morgan fingerprint density at radius 1 is 1.21 bits per heavy atom. The summed E-state index contributed by atoms with van der Waals surface area (Å²) in [4.78, 5) is 15.6. The van der Waals surface area contributed by atoms with Crippen molar-refractivity contribution in [2.24, 2.45) is 5.92 Å². The van der Waals surface area contributed by atoms with Crippen LogP contribution in [-0.4, -0.2) is 65.7 Å². The Hall–Kier alpha value is -1.01. The third-order valence-corrected chi connectivity index (χ3v) is 6.97. The van der Waals surface area contributed by atoms with Crippen LogP contribution in [0.15, 0.2) is 12.1 Å². The smallest absolute Gasteiger partial charge is 0.317 e. The third kappa shape index (κ3) is 5.53. The summed E-state index contributed by atoms with van der Waals surface area (Å²) < 4.78 is 6.15. The van der Waals surface area contributed by atoms with Gasteiger partial charge in [0, 0.05) is 30.7 Å². The van der Waals surface area contributed by atoms with Gasteiger partial charge in [0.25, 0.3) is 0 Å². The molecule has 0 aliphatic carbocycles. The molecule has 2 atom stereocenters. The Labute approximate surface area is 177 Å². The summed E-state index contributed by atoms with van der Waals surface area (Å²) in [5.74, 6) is 0.635. The quantitative estimate of drug-likeness (QED) is 0.730. The normalized spacial score (nSPS) is 25.0. The minimum atomic E-state index is -0.733. The molecule has 1 aromatic carbocycles. The zero-order valence-electron chi connectivity index (χ0n) is 16.7. The number of rotatable bonds is 6. The number of benzene rings is 1. The van der Waals surface area contributed by atoms with Crippen molar-refractivity contribution in [3.63, 3.8) is 0 Å². The maximum atomic E-state index is 11.0. The standard InChI is InChI=1S/C21H30Cl2N2O3/c1-14-11-16(5-10-25(14)13-20(26)27)12-24-8-6-17(7-9-24)28-19-4-3-18(22)15(2)21(19)23/h3-4,14,16-17H,5-13H2,1-2H3,(H,26,27).